The van der Waals surface area contributed by atoms with Crippen LogP contribution < -0.4 is 16.6 Å². The first-order valence-corrected chi connectivity index (χ1v) is 5.68. The van der Waals surface area contributed by atoms with E-state index in [1.54, 1.807) is 0 Å². The van der Waals surface area contributed by atoms with E-state index in [1.807, 2.05) is 0 Å². The molecular weight excluding hydrogens is 287 g/mol. The number of aromatic amines is 1. The van der Waals surface area contributed by atoms with E-state index in [1.165, 1.54) is 6.20 Å². The summed E-state index contributed by atoms with van der Waals surface area (Å²) in [6.07, 6.45) is 1.40. The van der Waals surface area contributed by atoms with Gasteiger partial charge in [0.1, 0.15) is 5.82 Å². The van der Waals surface area contributed by atoms with E-state index in [0.717, 1.165) is 12.1 Å². The van der Waals surface area contributed by atoms with Crippen molar-refractivity contribution in [3.63, 3.8) is 0 Å². The maximum atomic E-state index is 13.7. The maximum absolute atomic E-state index is 13.7. The Morgan fingerprint density at radius 2 is 1.90 bits per heavy atom. The van der Waals surface area contributed by atoms with Gasteiger partial charge in [-0.1, -0.05) is 0 Å². The lowest BCUT2D eigenvalue weighted by Gasteiger charge is -2.09. The van der Waals surface area contributed by atoms with Crippen molar-refractivity contribution in [1.29, 1.82) is 0 Å². The normalized spacial score (nSPS) is 10.9. The second kappa shape index (κ2) is 4.90. The first-order valence-electron chi connectivity index (χ1n) is 5.68. The van der Waals surface area contributed by atoms with E-state index in [4.69, 9.17) is 5.84 Å². The number of nitrogens with one attached hydrogen (secondary N) is 3. The van der Waals surface area contributed by atoms with Crippen LogP contribution in [0.5, 0.6) is 0 Å². The number of fused-ring (bicyclic) bond motifs is 1. The minimum Gasteiger partial charge on any atom is -0.337 e. The molecule has 0 aliphatic carbocycles. The van der Waals surface area contributed by atoms with E-state index >= 15 is 0 Å². The van der Waals surface area contributed by atoms with Crippen LogP contribution in [0.4, 0.5) is 30.6 Å². The van der Waals surface area contributed by atoms with Gasteiger partial charge in [0, 0.05) is 0 Å². The summed E-state index contributed by atoms with van der Waals surface area (Å²) in [6, 6.07) is 1.86. The van der Waals surface area contributed by atoms with Gasteiger partial charge in [0.15, 0.2) is 23.1 Å². The Hall–Kier alpha value is -2.88. The average Bonchev–Trinajstić information content (AvgIpc) is 2.96. The van der Waals surface area contributed by atoms with Gasteiger partial charge in [-0.15, -0.1) is 0 Å². The number of benzene rings is 1. The SMILES string of the molecule is NNc1nc(Nc2ccc(F)c(F)c2F)c2cn[nH]c2n1. The third kappa shape index (κ3) is 2.21. The summed E-state index contributed by atoms with van der Waals surface area (Å²) in [6.45, 7) is 0. The molecule has 0 aliphatic heterocycles. The second-order valence-electron chi connectivity index (χ2n) is 4.02. The lowest BCUT2D eigenvalue weighted by Crippen LogP contribution is -2.11. The van der Waals surface area contributed by atoms with Crippen LogP contribution in [-0.2, 0) is 0 Å². The van der Waals surface area contributed by atoms with Crippen LogP contribution in [0.2, 0.25) is 0 Å². The Labute approximate surface area is 115 Å². The molecule has 0 aliphatic rings. The number of anilines is 3. The molecular formula is C11H8F3N7. The van der Waals surface area contributed by atoms with Crippen LogP contribution in [0.1, 0.15) is 0 Å². The molecule has 21 heavy (non-hydrogen) atoms. The monoisotopic (exact) mass is 295 g/mol. The molecule has 0 unspecified atom stereocenters. The van der Waals surface area contributed by atoms with Crippen LogP contribution in [0.3, 0.4) is 0 Å². The zero-order valence-electron chi connectivity index (χ0n) is 10.3. The number of halogens is 3. The fraction of sp³-hybridized carbons (Fsp3) is 0. The average molecular weight is 295 g/mol. The van der Waals surface area contributed by atoms with E-state index in [-0.39, 0.29) is 17.5 Å². The van der Waals surface area contributed by atoms with Crippen LogP contribution in [0.25, 0.3) is 11.0 Å². The van der Waals surface area contributed by atoms with E-state index in [9.17, 15) is 13.2 Å². The lowest BCUT2D eigenvalue weighted by molar-refractivity contribution is 0.449. The fourth-order valence-electron chi connectivity index (χ4n) is 1.74. The fourth-order valence-corrected chi connectivity index (χ4v) is 1.74. The van der Waals surface area contributed by atoms with Crippen molar-refractivity contribution in [2.75, 3.05) is 10.7 Å². The van der Waals surface area contributed by atoms with Gasteiger partial charge in [-0.2, -0.15) is 15.1 Å². The van der Waals surface area contributed by atoms with Crippen molar-refractivity contribution in [1.82, 2.24) is 20.2 Å². The van der Waals surface area contributed by atoms with Gasteiger partial charge >= 0.3 is 0 Å². The predicted octanol–water partition coefficient (Wildman–Crippen LogP) is 1.80. The van der Waals surface area contributed by atoms with E-state index in [0.29, 0.717) is 11.0 Å². The minimum absolute atomic E-state index is 0.0391. The van der Waals surface area contributed by atoms with Crippen molar-refractivity contribution in [2.45, 2.75) is 0 Å². The number of hydrogen-bond donors (Lipinski definition) is 4. The molecule has 0 spiro atoms. The van der Waals surface area contributed by atoms with Gasteiger partial charge in [0.2, 0.25) is 5.95 Å². The number of aromatic nitrogens is 4. The third-order valence-electron chi connectivity index (χ3n) is 2.73. The van der Waals surface area contributed by atoms with Gasteiger partial charge in [-0.3, -0.25) is 10.5 Å². The Kier molecular flexibility index (Phi) is 3.06. The Balaban J connectivity index is 2.09. The highest BCUT2D eigenvalue weighted by molar-refractivity contribution is 5.89. The number of H-pyrrole nitrogens is 1. The Bertz CT molecular complexity index is 817. The summed E-state index contributed by atoms with van der Waals surface area (Å²) in [5.41, 5.74) is 2.29. The van der Waals surface area contributed by atoms with Crippen LogP contribution in [-0.4, -0.2) is 20.2 Å². The molecule has 0 radical (unpaired) electrons. The molecule has 7 nitrogen and oxygen atoms in total. The van der Waals surface area contributed by atoms with Gasteiger partial charge in [-0.25, -0.2) is 19.0 Å². The largest absolute Gasteiger partial charge is 0.337 e. The smallest absolute Gasteiger partial charge is 0.241 e. The summed E-state index contributed by atoms with van der Waals surface area (Å²) in [5, 5.41) is 9.34. The molecule has 3 rings (SSSR count). The number of rotatable bonds is 3. The Morgan fingerprint density at radius 1 is 1.10 bits per heavy atom. The molecule has 1 aromatic carbocycles. The summed E-state index contributed by atoms with van der Waals surface area (Å²) < 4.78 is 39.8. The molecule has 2 heterocycles. The standard InChI is InChI=1S/C11H8F3N7/c12-5-1-2-6(8(14)7(5)13)17-9-4-3-16-21-10(4)19-11(18-9)20-15/h1-3H,15H2,(H3,16,17,18,19,20,21). The van der Waals surface area contributed by atoms with Gasteiger partial charge < -0.3 is 5.32 Å². The molecule has 0 bridgehead atoms. The first kappa shape index (κ1) is 13.1. The number of nitrogen functional groups attached to an aromatic ring is 1. The zero-order chi connectivity index (χ0) is 15.0. The molecule has 108 valence electrons. The molecule has 0 atom stereocenters. The topological polar surface area (TPSA) is 105 Å². The maximum Gasteiger partial charge on any atom is 0.241 e. The van der Waals surface area contributed by atoms with Crippen molar-refractivity contribution in [2.24, 2.45) is 5.84 Å². The zero-order valence-corrected chi connectivity index (χ0v) is 10.3. The Morgan fingerprint density at radius 3 is 2.67 bits per heavy atom. The number of nitrogens with two attached hydrogens (primary N) is 1. The van der Waals surface area contributed by atoms with E-state index in [2.05, 4.69) is 30.9 Å². The summed E-state index contributed by atoms with van der Waals surface area (Å²) in [4.78, 5) is 7.96. The quantitative estimate of drug-likeness (QED) is 0.334. The van der Waals surface area contributed by atoms with Crippen LogP contribution in [0.15, 0.2) is 18.3 Å². The molecule has 0 saturated heterocycles. The molecule has 5 N–H and O–H groups in total. The molecule has 0 amide bonds. The van der Waals surface area contributed by atoms with Gasteiger partial charge in [-0.05, 0) is 12.1 Å². The lowest BCUT2D eigenvalue weighted by atomic mass is 10.2. The second-order valence-corrected chi connectivity index (χ2v) is 4.02. The highest BCUT2D eigenvalue weighted by Crippen LogP contribution is 2.26. The van der Waals surface area contributed by atoms with Crippen molar-refractivity contribution in [3.05, 3.63) is 35.8 Å². The van der Waals surface area contributed by atoms with E-state index < -0.39 is 17.5 Å². The molecule has 0 saturated carbocycles. The molecule has 10 heteroatoms. The molecule has 0 fully saturated rings. The van der Waals surface area contributed by atoms with Gasteiger partial charge in [0.05, 0.1) is 17.3 Å². The highest BCUT2D eigenvalue weighted by atomic mass is 19.2. The van der Waals surface area contributed by atoms with Crippen molar-refractivity contribution < 1.29 is 13.2 Å². The number of nitrogens with zero attached hydrogens (tertiary/aromatic N) is 3. The van der Waals surface area contributed by atoms with Crippen molar-refractivity contribution >= 4 is 28.5 Å². The summed E-state index contributed by atoms with van der Waals surface area (Å²) in [5.74, 6) is 1.19. The minimum atomic E-state index is -1.57. The molecule has 3 aromatic rings. The van der Waals surface area contributed by atoms with Crippen LogP contribution >= 0.6 is 0 Å². The summed E-state index contributed by atoms with van der Waals surface area (Å²) >= 11 is 0. The summed E-state index contributed by atoms with van der Waals surface area (Å²) in [7, 11) is 0. The number of hydrazine groups is 1. The third-order valence-corrected chi connectivity index (χ3v) is 2.73. The van der Waals surface area contributed by atoms with Crippen molar-refractivity contribution in [3.8, 4) is 0 Å². The van der Waals surface area contributed by atoms with Gasteiger partial charge in [0.25, 0.3) is 0 Å². The molecule has 2 aromatic heterocycles. The first-order chi connectivity index (χ1) is 10.1. The number of hydrogen-bond acceptors (Lipinski definition) is 6. The van der Waals surface area contributed by atoms with Crippen LogP contribution in [0, 0.1) is 17.5 Å². The predicted molar refractivity (Wildman–Crippen MR) is 69.1 cm³/mol. The highest BCUT2D eigenvalue weighted by Gasteiger charge is 2.16.